The smallest absolute Gasteiger partial charge is 0.173 e. The predicted molar refractivity (Wildman–Crippen MR) is 40.1 cm³/mol. The molecule has 0 saturated carbocycles. The van der Waals surface area contributed by atoms with Gasteiger partial charge in [-0.05, 0) is 13.8 Å². The molecular weight excluding hydrogens is 128 g/mol. The topological polar surface area (TPSA) is 40.5 Å². The second-order valence-electron chi connectivity index (χ2n) is 2.49. The molecule has 10 heavy (non-hydrogen) atoms. The molecule has 0 amide bonds. The predicted octanol–water partition coefficient (Wildman–Crippen LogP) is 0.737. The van der Waals surface area contributed by atoms with Crippen molar-refractivity contribution in [1.82, 2.24) is 0 Å². The van der Waals surface area contributed by atoms with Crippen LogP contribution in [0.2, 0.25) is 0 Å². The lowest BCUT2D eigenvalue weighted by molar-refractivity contribution is -0.166. The Morgan fingerprint density at radius 3 is 2.30 bits per heavy atom. The van der Waals surface area contributed by atoms with Gasteiger partial charge in [-0.3, -0.25) is 0 Å². The minimum absolute atomic E-state index is 0.382. The van der Waals surface area contributed by atoms with E-state index in [0.29, 0.717) is 0 Å². The Morgan fingerprint density at radius 1 is 1.50 bits per heavy atom. The van der Waals surface area contributed by atoms with Crippen LogP contribution in [-0.2, 0) is 0 Å². The van der Waals surface area contributed by atoms with Gasteiger partial charge in [0.2, 0.25) is 0 Å². The molecule has 58 valence electrons. The van der Waals surface area contributed by atoms with Gasteiger partial charge in [0.1, 0.15) is 0 Å². The zero-order valence-corrected chi connectivity index (χ0v) is 6.68. The van der Waals surface area contributed by atoms with Crippen molar-refractivity contribution in [3.63, 3.8) is 0 Å². The maximum Gasteiger partial charge on any atom is 0.173 e. The molecule has 0 radical (unpaired) electrons. The maximum atomic E-state index is 8.97. The molecular formula is C8H14O2. The van der Waals surface area contributed by atoms with Crippen molar-refractivity contribution in [3.8, 4) is 11.8 Å². The van der Waals surface area contributed by atoms with Gasteiger partial charge < -0.3 is 10.2 Å². The fraction of sp³-hybridized carbons (Fsp3) is 0.750. The molecule has 0 aromatic rings. The van der Waals surface area contributed by atoms with Crippen LogP contribution in [0, 0.1) is 17.8 Å². The molecule has 0 rings (SSSR count). The fourth-order valence-electron chi connectivity index (χ4n) is 0.392. The van der Waals surface area contributed by atoms with E-state index in [9.17, 15) is 0 Å². The van der Waals surface area contributed by atoms with Gasteiger partial charge in [-0.1, -0.05) is 12.8 Å². The third kappa shape index (κ3) is 3.49. The summed E-state index contributed by atoms with van der Waals surface area (Å²) in [4.78, 5) is 0. The van der Waals surface area contributed by atoms with Crippen molar-refractivity contribution in [1.29, 1.82) is 0 Å². The Balaban J connectivity index is 3.97. The first kappa shape index (κ1) is 9.48. The number of hydrogen-bond donors (Lipinski definition) is 2. The van der Waals surface area contributed by atoms with Crippen LogP contribution in [0.3, 0.4) is 0 Å². The molecule has 0 aliphatic heterocycles. The van der Waals surface area contributed by atoms with E-state index in [1.807, 2.05) is 6.92 Å². The lowest BCUT2D eigenvalue weighted by Crippen LogP contribution is -2.30. The molecule has 0 aliphatic carbocycles. The standard InChI is InChI=1S/C8H14O2/c1-4-5-6-7(2)8(3,9)10/h7,9-10H,4H2,1-3H3. The summed E-state index contributed by atoms with van der Waals surface area (Å²) in [5.74, 6) is 3.46. The third-order valence-corrected chi connectivity index (χ3v) is 1.32. The third-order valence-electron chi connectivity index (χ3n) is 1.32. The van der Waals surface area contributed by atoms with Crippen molar-refractivity contribution in [3.05, 3.63) is 0 Å². The Morgan fingerprint density at radius 2 is 2.00 bits per heavy atom. The van der Waals surface area contributed by atoms with Crippen molar-refractivity contribution >= 4 is 0 Å². The highest BCUT2D eigenvalue weighted by Gasteiger charge is 2.22. The molecule has 0 spiro atoms. The summed E-state index contributed by atoms with van der Waals surface area (Å²) in [6, 6.07) is 0. The molecule has 0 aromatic heterocycles. The van der Waals surface area contributed by atoms with E-state index in [2.05, 4.69) is 11.8 Å². The van der Waals surface area contributed by atoms with Gasteiger partial charge in [0.05, 0.1) is 5.92 Å². The molecule has 0 aromatic carbocycles. The quantitative estimate of drug-likeness (QED) is 0.418. The Bertz CT molecular complexity index is 145. The summed E-state index contributed by atoms with van der Waals surface area (Å²) < 4.78 is 0. The van der Waals surface area contributed by atoms with Crippen LogP contribution in [0.4, 0.5) is 0 Å². The van der Waals surface area contributed by atoms with Crippen LogP contribution in [0.25, 0.3) is 0 Å². The average molecular weight is 142 g/mol. The van der Waals surface area contributed by atoms with E-state index in [1.54, 1.807) is 6.92 Å². The van der Waals surface area contributed by atoms with Gasteiger partial charge in [-0.2, -0.15) is 0 Å². The maximum absolute atomic E-state index is 8.97. The molecule has 2 nitrogen and oxygen atoms in total. The summed E-state index contributed by atoms with van der Waals surface area (Å²) in [5, 5.41) is 17.9. The Hall–Kier alpha value is -0.520. The van der Waals surface area contributed by atoms with E-state index in [1.165, 1.54) is 6.92 Å². The van der Waals surface area contributed by atoms with E-state index in [4.69, 9.17) is 10.2 Å². The molecule has 0 saturated heterocycles. The van der Waals surface area contributed by atoms with Gasteiger partial charge in [0, 0.05) is 6.42 Å². The van der Waals surface area contributed by atoms with Crippen LogP contribution >= 0.6 is 0 Å². The molecule has 2 heteroatoms. The molecule has 0 heterocycles. The lowest BCUT2D eigenvalue weighted by atomic mass is 10.0. The zero-order valence-electron chi connectivity index (χ0n) is 6.68. The monoisotopic (exact) mass is 142 g/mol. The van der Waals surface area contributed by atoms with E-state index in [0.717, 1.165) is 6.42 Å². The molecule has 0 bridgehead atoms. The highest BCUT2D eigenvalue weighted by molar-refractivity contribution is 5.04. The zero-order chi connectivity index (χ0) is 8.20. The van der Waals surface area contributed by atoms with Crippen LogP contribution in [-0.4, -0.2) is 16.0 Å². The average Bonchev–Trinajstić information content (AvgIpc) is 1.80. The lowest BCUT2D eigenvalue weighted by Gasteiger charge is -2.18. The fourth-order valence-corrected chi connectivity index (χ4v) is 0.392. The van der Waals surface area contributed by atoms with Gasteiger partial charge in [0.25, 0.3) is 0 Å². The molecule has 2 N–H and O–H groups in total. The number of aliphatic hydroxyl groups is 2. The van der Waals surface area contributed by atoms with Gasteiger partial charge >= 0.3 is 0 Å². The van der Waals surface area contributed by atoms with Crippen molar-refractivity contribution < 1.29 is 10.2 Å². The van der Waals surface area contributed by atoms with E-state index in [-0.39, 0.29) is 5.92 Å². The number of rotatable bonds is 1. The first-order valence-electron chi connectivity index (χ1n) is 3.41. The van der Waals surface area contributed by atoms with E-state index < -0.39 is 5.79 Å². The Labute approximate surface area is 61.9 Å². The largest absolute Gasteiger partial charge is 0.365 e. The summed E-state index contributed by atoms with van der Waals surface area (Å²) >= 11 is 0. The summed E-state index contributed by atoms with van der Waals surface area (Å²) in [6.45, 7) is 4.94. The van der Waals surface area contributed by atoms with Gasteiger partial charge in [0.15, 0.2) is 5.79 Å². The van der Waals surface area contributed by atoms with Crippen molar-refractivity contribution in [2.45, 2.75) is 33.0 Å². The van der Waals surface area contributed by atoms with Gasteiger partial charge in [-0.15, -0.1) is 5.92 Å². The summed E-state index contributed by atoms with van der Waals surface area (Å²) in [5.41, 5.74) is 0. The molecule has 0 aliphatic rings. The minimum atomic E-state index is -1.66. The normalized spacial score (nSPS) is 13.7. The highest BCUT2D eigenvalue weighted by Crippen LogP contribution is 2.10. The first-order chi connectivity index (χ1) is 4.48. The number of hydrogen-bond acceptors (Lipinski definition) is 2. The van der Waals surface area contributed by atoms with Crippen LogP contribution in [0.15, 0.2) is 0 Å². The SMILES string of the molecule is CCC#CC(C)C(C)(O)O. The molecule has 1 unspecified atom stereocenters. The Kier molecular flexibility index (Phi) is 3.41. The van der Waals surface area contributed by atoms with Crippen LogP contribution < -0.4 is 0 Å². The summed E-state index contributed by atoms with van der Waals surface area (Å²) in [7, 11) is 0. The second kappa shape index (κ2) is 3.60. The second-order valence-corrected chi connectivity index (χ2v) is 2.49. The molecule has 0 fully saturated rings. The highest BCUT2D eigenvalue weighted by atomic mass is 16.5. The summed E-state index contributed by atoms with van der Waals surface area (Å²) in [6.07, 6.45) is 0.750. The minimum Gasteiger partial charge on any atom is -0.365 e. The van der Waals surface area contributed by atoms with Crippen molar-refractivity contribution in [2.24, 2.45) is 5.92 Å². The van der Waals surface area contributed by atoms with Crippen LogP contribution in [0.5, 0.6) is 0 Å². The first-order valence-corrected chi connectivity index (χ1v) is 3.41. The van der Waals surface area contributed by atoms with Gasteiger partial charge in [-0.25, -0.2) is 0 Å². The van der Waals surface area contributed by atoms with E-state index >= 15 is 0 Å². The van der Waals surface area contributed by atoms with Crippen molar-refractivity contribution in [2.75, 3.05) is 0 Å². The molecule has 1 atom stereocenters. The van der Waals surface area contributed by atoms with Crippen LogP contribution in [0.1, 0.15) is 27.2 Å².